The number of fused-ring (bicyclic) bond motifs is 1. The summed E-state index contributed by atoms with van der Waals surface area (Å²) in [5.74, 6) is 1.11. The van der Waals surface area contributed by atoms with Crippen molar-refractivity contribution in [3.05, 3.63) is 70.4 Å². The van der Waals surface area contributed by atoms with Gasteiger partial charge in [0, 0.05) is 11.4 Å². The van der Waals surface area contributed by atoms with Gasteiger partial charge in [0.15, 0.2) is 0 Å². The van der Waals surface area contributed by atoms with Gasteiger partial charge in [-0.1, -0.05) is 54.7 Å². The maximum absolute atomic E-state index is 13.5. The molecule has 1 unspecified atom stereocenters. The fraction of sp³-hybridized carbons (Fsp3) is 0.360. The van der Waals surface area contributed by atoms with E-state index in [2.05, 4.69) is 33.1 Å². The van der Waals surface area contributed by atoms with E-state index in [1.807, 2.05) is 63.2 Å². The van der Waals surface area contributed by atoms with Crippen LogP contribution in [0, 0.1) is 13.8 Å². The minimum absolute atomic E-state index is 0.196. The molecule has 1 atom stereocenters. The number of hydrogen-bond acceptors (Lipinski definition) is 6. The van der Waals surface area contributed by atoms with Gasteiger partial charge in [0.05, 0.1) is 12.2 Å². The van der Waals surface area contributed by atoms with Gasteiger partial charge in [0.2, 0.25) is 5.95 Å². The lowest BCUT2D eigenvalue weighted by Crippen LogP contribution is -2.31. The normalized spacial score (nSPS) is 15.1. The van der Waals surface area contributed by atoms with Gasteiger partial charge in [-0.3, -0.25) is 4.79 Å². The molecule has 1 amide bonds. The van der Waals surface area contributed by atoms with E-state index in [0.717, 1.165) is 47.4 Å². The number of nitrogens with zero attached hydrogens (tertiary/aromatic N) is 4. The van der Waals surface area contributed by atoms with Crippen LogP contribution < -0.4 is 15.4 Å². The smallest absolute Gasteiger partial charge is 0.255 e. The molecule has 2 N–H and O–H groups in total. The Morgan fingerprint density at radius 3 is 2.64 bits per heavy atom. The first-order valence-corrected chi connectivity index (χ1v) is 11.3. The molecule has 1 aromatic heterocycles. The van der Waals surface area contributed by atoms with Crippen LogP contribution in [0.3, 0.4) is 0 Å². The van der Waals surface area contributed by atoms with Crippen molar-refractivity contribution in [3.63, 3.8) is 0 Å². The van der Waals surface area contributed by atoms with Gasteiger partial charge in [-0.2, -0.15) is 4.68 Å². The fourth-order valence-corrected chi connectivity index (χ4v) is 4.05. The summed E-state index contributed by atoms with van der Waals surface area (Å²) in [7, 11) is 0. The lowest BCUT2D eigenvalue weighted by Gasteiger charge is -2.28. The number of carbonyl (C=O) groups is 1. The van der Waals surface area contributed by atoms with E-state index in [1.54, 1.807) is 4.68 Å². The molecular weight excluding hydrogens is 416 g/mol. The third-order valence-corrected chi connectivity index (χ3v) is 5.80. The summed E-state index contributed by atoms with van der Waals surface area (Å²) in [5, 5.41) is 18.2. The van der Waals surface area contributed by atoms with Crippen LogP contribution in [-0.2, 0) is 4.79 Å². The zero-order chi connectivity index (χ0) is 23.4. The summed E-state index contributed by atoms with van der Waals surface area (Å²) >= 11 is 0. The Hall–Kier alpha value is -3.68. The summed E-state index contributed by atoms with van der Waals surface area (Å²) < 4.78 is 7.49. The number of aryl methyl sites for hydroxylation is 2. The molecule has 172 valence electrons. The Bertz CT molecular complexity index is 1170. The van der Waals surface area contributed by atoms with Crippen molar-refractivity contribution in [3.8, 4) is 5.75 Å². The molecule has 1 aliphatic heterocycles. The van der Waals surface area contributed by atoms with Crippen molar-refractivity contribution in [2.75, 3.05) is 17.2 Å². The maximum atomic E-state index is 13.5. The Balaban J connectivity index is 1.62. The number of allylic oxidation sites excluding steroid dienone is 1. The van der Waals surface area contributed by atoms with Crippen LogP contribution in [0.2, 0.25) is 0 Å². The minimum Gasteiger partial charge on any atom is -0.494 e. The standard InChI is InChI=1S/C25H30N6O2/c1-5-6-7-14-33-20-11-9-19(10-12-20)23-22(18(4)26-25-28-29-30-31(23)25)24(32)27-21-13-8-16(2)15-17(21)3/h8-13,15,23H,5-7,14H2,1-4H3,(H,27,32)(H,26,28,30). The topological polar surface area (TPSA) is 94.0 Å². The number of unbranched alkanes of at least 4 members (excludes halogenated alkanes) is 2. The second kappa shape index (κ2) is 9.85. The van der Waals surface area contributed by atoms with Crippen molar-refractivity contribution < 1.29 is 9.53 Å². The molecule has 8 heteroatoms. The number of amides is 1. The first-order chi connectivity index (χ1) is 16.0. The molecule has 2 aromatic carbocycles. The third kappa shape index (κ3) is 4.89. The molecule has 0 spiro atoms. The molecule has 2 heterocycles. The number of tetrazole rings is 1. The van der Waals surface area contributed by atoms with E-state index < -0.39 is 6.04 Å². The van der Waals surface area contributed by atoms with Gasteiger partial charge in [-0.05, 0) is 66.9 Å². The highest BCUT2D eigenvalue weighted by atomic mass is 16.5. The zero-order valence-electron chi connectivity index (χ0n) is 19.6. The number of benzene rings is 2. The molecule has 33 heavy (non-hydrogen) atoms. The zero-order valence-corrected chi connectivity index (χ0v) is 19.6. The number of carbonyl (C=O) groups excluding carboxylic acids is 1. The van der Waals surface area contributed by atoms with Crippen LogP contribution in [0.25, 0.3) is 0 Å². The predicted molar refractivity (Wildman–Crippen MR) is 128 cm³/mol. The third-order valence-electron chi connectivity index (χ3n) is 5.80. The van der Waals surface area contributed by atoms with E-state index in [4.69, 9.17) is 4.74 Å². The molecule has 0 bridgehead atoms. The molecule has 3 aromatic rings. The first-order valence-electron chi connectivity index (χ1n) is 11.3. The molecule has 0 radical (unpaired) electrons. The van der Waals surface area contributed by atoms with Crippen molar-refractivity contribution in [2.45, 2.75) is 53.0 Å². The minimum atomic E-state index is -0.462. The molecule has 4 rings (SSSR count). The van der Waals surface area contributed by atoms with Crippen LogP contribution in [0.5, 0.6) is 5.75 Å². The number of ether oxygens (including phenoxy) is 1. The van der Waals surface area contributed by atoms with Crippen LogP contribution in [0.15, 0.2) is 53.7 Å². The van der Waals surface area contributed by atoms with Crippen LogP contribution in [-0.4, -0.2) is 32.7 Å². The molecular formula is C25H30N6O2. The fourth-order valence-electron chi connectivity index (χ4n) is 4.05. The summed E-state index contributed by atoms with van der Waals surface area (Å²) in [5.41, 5.74) is 5.11. The largest absolute Gasteiger partial charge is 0.494 e. The highest BCUT2D eigenvalue weighted by Gasteiger charge is 2.34. The lowest BCUT2D eigenvalue weighted by atomic mass is 9.94. The summed E-state index contributed by atoms with van der Waals surface area (Å²) in [4.78, 5) is 13.5. The van der Waals surface area contributed by atoms with Crippen molar-refractivity contribution in [1.82, 2.24) is 20.2 Å². The molecule has 0 fully saturated rings. The van der Waals surface area contributed by atoms with Crippen molar-refractivity contribution in [1.29, 1.82) is 0 Å². The Labute approximate surface area is 194 Å². The average Bonchev–Trinajstić information content (AvgIpc) is 3.26. The lowest BCUT2D eigenvalue weighted by molar-refractivity contribution is -0.113. The first kappa shape index (κ1) is 22.5. The Morgan fingerprint density at radius 2 is 1.91 bits per heavy atom. The van der Waals surface area contributed by atoms with Crippen LogP contribution >= 0.6 is 0 Å². The van der Waals surface area contributed by atoms with E-state index in [9.17, 15) is 4.79 Å². The summed E-state index contributed by atoms with van der Waals surface area (Å²) in [6.45, 7) is 8.75. The monoisotopic (exact) mass is 446 g/mol. The van der Waals surface area contributed by atoms with E-state index >= 15 is 0 Å². The number of aromatic nitrogens is 4. The molecule has 8 nitrogen and oxygen atoms in total. The van der Waals surface area contributed by atoms with E-state index in [1.165, 1.54) is 0 Å². The van der Waals surface area contributed by atoms with E-state index in [-0.39, 0.29) is 5.91 Å². The molecule has 1 aliphatic rings. The summed E-state index contributed by atoms with van der Waals surface area (Å²) in [6.07, 6.45) is 3.34. The molecule has 0 aliphatic carbocycles. The van der Waals surface area contributed by atoms with Gasteiger partial charge < -0.3 is 15.4 Å². The van der Waals surface area contributed by atoms with Gasteiger partial charge in [0.1, 0.15) is 11.8 Å². The van der Waals surface area contributed by atoms with Crippen LogP contribution in [0.1, 0.15) is 55.8 Å². The number of nitrogens with one attached hydrogen (secondary N) is 2. The number of rotatable bonds is 8. The quantitative estimate of drug-likeness (QED) is 0.483. The predicted octanol–water partition coefficient (Wildman–Crippen LogP) is 4.79. The van der Waals surface area contributed by atoms with E-state index in [0.29, 0.717) is 23.8 Å². The highest BCUT2D eigenvalue weighted by molar-refractivity contribution is 6.06. The molecule has 0 saturated carbocycles. The van der Waals surface area contributed by atoms with Crippen molar-refractivity contribution >= 4 is 17.5 Å². The SMILES string of the molecule is CCCCCOc1ccc(C2C(C(=O)Nc3ccc(C)cc3C)=C(C)Nc3nnnn32)cc1. The van der Waals surface area contributed by atoms with Gasteiger partial charge in [-0.15, -0.1) is 0 Å². The van der Waals surface area contributed by atoms with Crippen molar-refractivity contribution in [2.24, 2.45) is 0 Å². The van der Waals surface area contributed by atoms with Gasteiger partial charge in [-0.25, -0.2) is 0 Å². The number of anilines is 2. The average molecular weight is 447 g/mol. The second-order valence-electron chi connectivity index (χ2n) is 8.41. The van der Waals surface area contributed by atoms with Gasteiger partial charge >= 0.3 is 0 Å². The second-order valence-corrected chi connectivity index (χ2v) is 8.41. The van der Waals surface area contributed by atoms with Crippen LogP contribution in [0.4, 0.5) is 11.6 Å². The highest BCUT2D eigenvalue weighted by Crippen LogP contribution is 2.35. The Kier molecular flexibility index (Phi) is 6.72. The maximum Gasteiger partial charge on any atom is 0.255 e. The number of hydrogen-bond donors (Lipinski definition) is 2. The van der Waals surface area contributed by atoms with Gasteiger partial charge in [0.25, 0.3) is 5.91 Å². The molecule has 0 saturated heterocycles. The summed E-state index contributed by atoms with van der Waals surface area (Å²) in [6, 6.07) is 13.3. The Morgan fingerprint density at radius 1 is 1.12 bits per heavy atom.